The van der Waals surface area contributed by atoms with Crippen LogP contribution in [0, 0.1) is 0 Å². The SMILES string of the molecule is COc1ccc(OC)c([C@H]2CCCN2CC(=O)Nc2ccc(N3CCOCC3)cc2)c1. The smallest absolute Gasteiger partial charge is 0.238 e. The molecule has 0 aliphatic carbocycles. The zero-order chi connectivity index (χ0) is 21.6. The van der Waals surface area contributed by atoms with Crippen LogP contribution in [0.4, 0.5) is 11.4 Å². The fourth-order valence-electron chi connectivity index (χ4n) is 4.43. The van der Waals surface area contributed by atoms with Crippen molar-refractivity contribution < 1.29 is 19.0 Å². The van der Waals surface area contributed by atoms with Crippen molar-refractivity contribution in [3.05, 3.63) is 48.0 Å². The molecule has 0 aromatic heterocycles. The summed E-state index contributed by atoms with van der Waals surface area (Å²) >= 11 is 0. The highest BCUT2D eigenvalue weighted by Gasteiger charge is 2.30. The van der Waals surface area contributed by atoms with Gasteiger partial charge in [-0.2, -0.15) is 0 Å². The van der Waals surface area contributed by atoms with Gasteiger partial charge in [0, 0.05) is 36.1 Å². The van der Waals surface area contributed by atoms with E-state index in [1.54, 1.807) is 14.2 Å². The Morgan fingerprint density at radius 1 is 1.06 bits per heavy atom. The van der Waals surface area contributed by atoms with E-state index >= 15 is 0 Å². The van der Waals surface area contributed by atoms with Gasteiger partial charge in [0.05, 0.1) is 34.0 Å². The van der Waals surface area contributed by atoms with E-state index in [9.17, 15) is 4.79 Å². The molecule has 1 amide bonds. The van der Waals surface area contributed by atoms with Crippen molar-refractivity contribution in [2.75, 3.05) is 63.8 Å². The molecule has 31 heavy (non-hydrogen) atoms. The van der Waals surface area contributed by atoms with Crippen LogP contribution in [0.2, 0.25) is 0 Å². The van der Waals surface area contributed by atoms with Crippen molar-refractivity contribution in [3.8, 4) is 11.5 Å². The van der Waals surface area contributed by atoms with E-state index in [1.807, 2.05) is 30.3 Å². The van der Waals surface area contributed by atoms with Crippen LogP contribution in [0.5, 0.6) is 11.5 Å². The van der Waals surface area contributed by atoms with Crippen LogP contribution >= 0.6 is 0 Å². The lowest BCUT2D eigenvalue weighted by Gasteiger charge is -2.29. The Balaban J connectivity index is 1.39. The number of likely N-dealkylation sites (tertiary alicyclic amines) is 1. The molecule has 2 heterocycles. The van der Waals surface area contributed by atoms with Crippen molar-refractivity contribution in [1.29, 1.82) is 0 Å². The Morgan fingerprint density at radius 2 is 1.84 bits per heavy atom. The number of carbonyl (C=O) groups is 1. The van der Waals surface area contributed by atoms with Crippen LogP contribution < -0.4 is 19.7 Å². The lowest BCUT2D eigenvalue weighted by molar-refractivity contribution is -0.117. The van der Waals surface area contributed by atoms with Gasteiger partial charge in [0.2, 0.25) is 5.91 Å². The summed E-state index contributed by atoms with van der Waals surface area (Å²) in [6, 6.07) is 14.0. The summed E-state index contributed by atoms with van der Waals surface area (Å²) < 4.78 is 16.4. The average Bonchev–Trinajstić information content (AvgIpc) is 3.27. The molecule has 2 fully saturated rings. The van der Waals surface area contributed by atoms with Gasteiger partial charge in [0.25, 0.3) is 0 Å². The molecule has 2 aromatic rings. The highest BCUT2D eigenvalue weighted by Crippen LogP contribution is 2.38. The average molecular weight is 426 g/mol. The van der Waals surface area contributed by atoms with Crippen molar-refractivity contribution in [1.82, 2.24) is 4.90 Å². The summed E-state index contributed by atoms with van der Waals surface area (Å²) in [5, 5.41) is 3.04. The second-order valence-electron chi connectivity index (χ2n) is 7.93. The topological polar surface area (TPSA) is 63.3 Å². The predicted molar refractivity (Wildman–Crippen MR) is 121 cm³/mol. The standard InChI is InChI=1S/C24H31N3O4/c1-29-20-9-10-23(30-2)21(16-20)22-4-3-11-27(22)17-24(28)25-18-5-7-19(8-6-18)26-12-14-31-15-13-26/h5-10,16,22H,3-4,11-15,17H2,1-2H3,(H,25,28)/t22-/m1/s1. The lowest BCUT2D eigenvalue weighted by Crippen LogP contribution is -2.36. The number of hydrogen-bond donors (Lipinski definition) is 1. The van der Waals surface area contributed by atoms with Crippen molar-refractivity contribution >= 4 is 17.3 Å². The van der Waals surface area contributed by atoms with E-state index in [2.05, 4.69) is 27.2 Å². The van der Waals surface area contributed by atoms with Gasteiger partial charge in [-0.05, 0) is 61.9 Å². The largest absolute Gasteiger partial charge is 0.497 e. The zero-order valence-electron chi connectivity index (χ0n) is 18.3. The van der Waals surface area contributed by atoms with Gasteiger partial charge in [-0.3, -0.25) is 9.69 Å². The Labute approximate surface area is 183 Å². The van der Waals surface area contributed by atoms with Gasteiger partial charge < -0.3 is 24.4 Å². The number of morpholine rings is 1. The second kappa shape index (κ2) is 10.0. The Hall–Kier alpha value is -2.77. The molecular formula is C24H31N3O4. The van der Waals surface area contributed by atoms with E-state index < -0.39 is 0 Å². The number of nitrogens with zero attached hydrogens (tertiary/aromatic N) is 2. The molecule has 2 saturated heterocycles. The minimum absolute atomic E-state index is 0.00659. The third-order valence-electron chi connectivity index (χ3n) is 6.03. The number of nitrogens with one attached hydrogen (secondary N) is 1. The maximum absolute atomic E-state index is 12.8. The number of benzene rings is 2. The number of carbonyl (C=O) groups excluding carboxylic acids is 1. The van der Waals surface area contributed by atoms with E-state index in [0.29, 0.717) is 6.54 Å². The fraction of sp³-hybridized carbons (Fsp3) is 0.458. The van der Waals surface area contributed by atoms with E-state index in [-0.39, 0.29) is 11.9 Å². The molecule has 0 saturated carbocycles. The number of anilines is 2. The first kappa shape index (κ1) is 21.5. The van der Waals surface area contributed by atoms with Crippen LogP contribution in [0.3, 0.4) is 0 Å². The van der Waals surface area contributed by atoms with Crippen LogP contribution in [0.25, 0.3) is 0 Å². The summed E-state index contributed by atoms with van der Waals surface area (Å²) in [5.74, 6) is 1.62. The third-order valence-corrected chi connectivity index (χ3v) is 6.03. The first-order valence-corrected chi connectivity index (χ1v) is 10.9. The van der Waals surface area contributed by atoms with E-state index in [4.69, 9.17) is 14.2 Å². The van der Waals surface area contributed by atoms with E-state index in [1.165, 1.54) is 0 Å². The Kier molecular flexibility index (Phi) is 6.94. The highest BCUT2D eigenvalue weighted by molar-refractivity contribution is 5.92. The number of ether oxygens (including phenoxy) is 3. The Morgan fingerprint density at radius 3 is 2.55 bits per heavy atom. The van der Waals surface area contributed by atoms with Crippen molar-refractivity contribution in [2.24, 2.45) is 0 Å². The van der Waals surface area contributed by atoms with Gasteiger partial charge in [0.1, 0.15) is 11.5 Å². The van der Waals surface area contributed by atoms with Gasteiger partial charge in [-0.15, -0.1) is 0 Å². The summed E-state index contributed by atoms with van der Waals surface area (Å²) in [6.07, 6.45) is 2.04. The van der Waals surface area contributed by atoms with Gasteiger partial charge in [-0.25, -0.2) is 0 Å². The molecule has 0 radical (unpaired) electrons. The summed E-state index contributed by atoms with van der Waals surface area (Å²) in [6.45, 7) is 4.54. The zero-order valence-corrected chi connectivity index (χ0v) is 18.3. The number of hydrogen-bond acceptors (Lipinski definition) is 6. The molecule has 2 aliphatic heterocycles. The fourth-order valence-corrected chi connectivity index (χ4v) is 4.43. The highest BCUT2D eigenvalue weighted by atomic mass is 16.5. The first-order chi connectivity index (χ1) is 15.2. The maximum Gasteiger partial charge on any atom is 0.238 e. The van der Waals surface area contributed by atoms with Crippen molar-refractivity contribution in [3.63, 3.8) is 0 Å². The summed E-state index contributed by atoms with van der Waals surface area (Å²) in [4.78, 5) is 17.3. The minimum atomic E-state index is -0.00659. The van der Waals surface area contributed by atoms with Gasteiger partial charge >= 0.3 is 0 Å². The van der Waals surface area contributed by atoms with Gasteiger partial charge in [-0.1, -0.05) is 0 Å². The molecular weight excluding hydrogens is 394 g/mol. The molecule has 166 valence electrons. The van der Waals surface area contributed by atoms with Crippen LogP contribution in [0.15, 0.2) is 42.5 Å². The molecule has 7 nitrogen and oxygen atoms in total. The first-order valence-electron chi connectivity index (χ1n) is 10.9. The van der Waals surface area contributed by atoms with Crippen molar-refractivity contribution in [2.45, 2.75) is 18.9 Å². The molecule has 1 atom stereocenters. The molecule has 0 spiro atoms. The van der Waals surface area contributed by atoms with E-state index in [0.717, 1.165) is 74.1 Å². The second-order valence-corrected chi connectivity index (χ2v) is 7.93. The quantitative estimate of drug-likeness (QED) is 0.734. The Bertz CT molecular complexity index is 881. The lowest BCUT2D eigenvalue weighted by atomic mass is 10.0. The molecule has 2 aromatic carbocycles. The number of rotatable bonds is 7. The maximum atomic E-state index is 12.8. The third kappa shape index (κ3) is 5.11. The van der Waals surface area contributed by atoms with Crippen LogP contribution in [-0.2, 0) is 9.53 Å². The van der Waals surface area contributed by atoms with Gasteiger partial charge in [0.15, 0.2) is 0 Å². The summed E-state index contributed by atoms with van der Waals surface area (Å²) in [7, 11) is 3.34. The number of amides is 1. The summed E-state index contributed by atoms with van der Waals surface area (Å²) in [5.41, 5.74) is 3.05. The number of methoxy groups -OCH3 is 2. The van der Waals surface area contributed by atoms with Crippen LogP contribution in [0.1, 0.15) is 24.4 Å². The van der Waals surface area contributed by atoms with Crippen LogP contribution in [-0.4, -0.2) is 64.4 Å². The monoisotopic (exact) mass is 425 g/mol. The molecule has 0 bridgehead atoms. The molecule has 0 unspecified atom stereocenters. The molecule has 1 N–H and O–H groups in total. The molecule has 7 heteroatoms. The normalized spacial score (nSPS) is 19.3. The predicted octanol–water partition coefficient (Wildman–Crippen LogP) is 3.32. The molecule has 4 rings (SSSR count). The molecule has 2 aliphatic rings. The minimum Gasteiger partial charge on any atom is -0.497 e.